The minimum Gasteiger partial charge on any atom is -0.497 e. The largest absolute Gasteiger partial charge is 0.497 e. The monoisotopic (exact) mass is 441 g/mol. The fourth-order valence-electron chi connectivity index (χ4n) is 3.62. The molecule has 0 bridgehead atoms. The number of rotatable bonds is 6. The van der Waals surface area contributed by atoms with E-state index in [4.69, 9.17) is 4.74 Å². The number of hydrogen-bond donors (Lipinski definition) is 0. The Kier molecular flexibility index (Phi) is 7.90. The minimum atomic E-state index is -3.37. The molecule has 0 radical (unpaired) electrons. The van der Waals surface area contributed by atoms with Crippen LogP contribution in [0.4, 0.5) is 0 Å². The zero-order chi connectivity index (χ0) is 22.3. The Morgan fingerprint density at radius 1 is 1.00 bits per heavy atom. The van der Waals surface area contributed by atoms with Gasteiger partial charge >= 0.3 is 0 Å². The van der Waals surface area contributed by atoms with E-state index < -0.39 is 10.0 Å². The Hall–Kier alpha value is -2.61. The van der Waals surface area contributed by atoms with Crippen LogP contribution < -0.4 is 4.74 Å². The molecule has 1 saturated heterocycles. The molecular weight excluding hydrogens is 410 g/mol. The maximum atomic E-state index is 12.3. The molecule has 1 aliphatic heterocycles. The van der Waals surface area contributed by atoms with E-state index in [1.54, 1.807) is 13.3 Å². The quantitative estimate of drug-likeness (QED) is 0.549. The molecule has 0 saturated carbocycles. The first-order chi connectivity index (χ1) is 14.9. The van der Waals surface area contributed by atoms with Crippen molar-refractivity contribution in [2.24, 2.45) is 0 Å². The lowest BCUT2D eigenvalue weighted by Gasteiger charge is -2.32. The molecule has 31 heavy (non-hydrogen) atoms. The van der Waals surface area contributed by atoms with Crippen molar-refractivity contribution in [1.29, 1.82) is 0 Å². The Morgan fingerprint density at radius 3 is 2.32 bits per heavy atom. The van der Waals surface area contributed by atoms with Crippen LogP contribution in [0, 0.1) is 0 Å². The molecular formula is C24H31N3O3S. The fourth-order valence-corrected chi connectivity index (χ4v) is 4.78. The van der Waals surface area contributed by atoms with Gasteiger partial charge in [-0.2, -0.15) is 0 Å². The molecule has 1 aliphatic rings. The first-order valence-electron chi connectivity index (χ1n) is 10.4. The number of para-hydroxylation sites is 1. The van der Waals surface area contributed by atoms with E-state index in [2.05, 4.69) is 29.5 Å². The minimum absolute atomic E-state index is 0.0561. The fraction of sp³-hybridized carbons (Fsp3) is 0.333. The van der Waals surface area contributed by atoms with Gasteiger partial charge in [-0.25, -0.2) is 12.4 Å². The van der Waals surface area contributed by atoms with E-state index in [-0.39, 0.29) is 5.75 Å². The van der Waals surface area contributed by atoms with Gasteiger partial charge in [-0.3, -0.25) is 4.90 Å². The van der Waals surface area contributed by atoms with Crippen molar-refractivity contribution < 1.29 is 13.2 Å². The van der Waals surface area contributed by atoms with Gasteiger partial charge < -0.3 is 9.64 Å². The van der Waals surface area contributed by atoms with Crippen LogP contribution >= 0.6 is 0 Å². The molecule has 0 aliphatic carbocycles. The van der Waals surface area contributed by atoms with Crippen molar-refractivity contribution in [3.8, 4) is 5.75 Å². The average molecular weight is 442 g/mol. The number of aromatic nitrogens is 1. The smallest absolute Gasteiger partial charge is 0.242 e. The number of nitrogens with zero attached hydrogens (tertiary/aromatic N) is 3. The van der Waals surface area contributed by atoms with Crippen molar-refractivity contribution in [2.75, 3.05) is 46.1 Å². The molecule has 7 heteroatoms. The summed E-state index contributed by atoms with van der Waals surface area (Å²) in [4.78, 5) is 4.75. The number of fused-ring (bicyclic) bond motifs is 1. The highest BCUT2D eigenvalue weighted by atomic mass is 32.2. The summed E-state index contributed by atoms with van der Waals surface area (Å²) < 4.78 is 30.9. The number of likely N-dealkylation sites (N-methyl/N-ethyl adjacent to an activating group) is 1. The molecule has 0 atom stereocenters. The summed E-state index contributed by atoms with van der Waals surface area (Å²) in [5, 5.41) is 1.01. The first-order valence-corrected chi connectivity index (χ1v) is 12.0. The van der Waals surface area contributed by atoms with E-state index in [1.165, 1.54) is 15.6 Å². The molecule has 0 spiro atoms. The lowest BCUT2D eigenvalue weighted by Crippen LogP contribution is -2.43. The second-order valence-corrected chi connectivity index (χ2v) is 9.52. The highest BCUT2D eigenvalue weighted by molar-refractivity contribution is 7.90. The third-order valence-electron chi connectivity index (χ3n) is 5.38. The Bertz CT molecular complexity index is 1090. The molecule has 1 aromatic heterocycles. The van der Waals surface area contributed by atoms with E-state index in [9.17, 15) is 8.42 Å². The van der Waals surface area contributed by atoms with Crippen LogP contribution in [0.2, 0.25) is 0 Å². The molecule has 6 nitrogen and oxygen atoms in total. The molecule has 0 amide bonds. The summed E-state index contributed by atoms with van der Waals surface area (Å²) in [7, 11) is 0.431. The van der Waals surface area contributed by atoms with Gasteiger partial charge in [-0.1, -0.05) is 36.4 Å². The molecule has 3 aromatic rings. The van der Waals surface area contributed by atoms with Gasteiger partial charge in [0.2, 0.25) is 10.0 Å². The van der Waals surface area contributed by atoms with Gasteiger partial charge in [0.15, 0.2) is 0 Å². The number of piperazine rings is 1. The van der Waals surface area contributed by atoms with Gasteiger partial charge in [-0.15, -0.1) is 6.58 Å². The van der Waals surface area contributed by atoms with Crippen molar-refractivity contribution in [2.45, 2.75) is 6.54 Å². The van der Waals surface area contributed by atoms with Crippen molar-refractivity contribution in [3.63, 3.8) is 0 Å². The SMILES string of the molecule is C=CCS(=O)(=O)n1ccc2c(CN3CCN(C)CC3)cccc21.COc1ccccc1. The second kappa shape index (κ2) is 10.6. The van der Waals surface area contributed by atoms with Crippen LogP contribution in [-0.2, 0) is 16.6 Å². The van der Waals surface area contributed by atoms with E-state index >= 15 is 0 Å². The Labute approximate surface area is 185 Å². The lowest BCUT2D eigenvalue weighted by molar-refractivity contribution is 0.148. The van der Waals surface area contributed by atoms with Gasteiger partial charge in [-0.05, 0) is 36.9 Å². The van der Waals surface area contributed by atoms with Crippen molar-refractivity contribution in [1.82, 2.24) is 13.8 Å². The van der Waals surface area contributed by atoms with Gasteiger partial charge in [0.05, 0.1) is 18.4 Å². The van der Waals surface area contributed by atoms with Gasteiger partial charge in [0, 0.05) is 44.3 Å². The predicted molar refractivity (Wildman–Crippen MR) is 127 cm³/mol. The van der Waals surface area contributed by atoms with Crippen LogP contribution in [0.15, 0.2) is 73.4 Å². The Balaban J connectivity index is 0.000000287. The van der Waals surface area contributed by atoms with E-state index in [0.717, 1.165) is 49.4 Å². The molecule has 1 fully saturated rings. The maximum Gasteiger partial charge on any atom is 0.242 e. The summed E-state index contributed by atoms with van der Waals surface area (Å²) in [6, 6.07) is 17.5. The topological polar surface area (TPSA) is 54.8 Å². The third kappa shape index (κ3) is 5.97. The summed E-state index contributed by atoms with van der Waals surface area (Å²) >= 11 is 0. The van der Waals surface area contributed by atoms with Gasteiger partial charge in [0.25, 0.3) is 0 Å². The Morgan fingerprint density at radius 2 is 1.71 bits per heavy atom. The zero-order valence-corrected chi connectivity index (χ0v) is 19.1. The summed E-state index contributed by atoms with van der Waals surface area (Å²) in [6.45, 7) is 8.63. The molecule has 0 N–H and O–H groups in total. The normalized spacial score (nSPS) is 15.3. The number of hydrogen-bond acceptors (Lipinski definition) is 5. The van der Waals surface area contributed by atoms with E-state index in [1.807, 2.05) is 48.5 Å². The zero-order valence-electron chi connectivity index (χ0n) is 18.3. The lowest BCUT2D eigenvalue weighted by atomic mass is 10.1. The number of methoxy groups -OCH3 is 1. The van der Waals surface area contributed by atoms with E-state index in [0.29, 0.717) is 0 Å². The summed E-state index contributed by atoms with van der Waals surface area (Å²) in [6.07, 6.45) is 3.08. The van der Waals surface area contributed by atoms with Gasteiger partial charge in [0.1, 0.15) is 5.75 Å². The molecule has 0 unspecified atom stereocenters. The first kappa shape index (κ1) is 23.1. The van der Waals surface area contributed by atoms with Crippen molar-refractivity contribution in [3.05, 3.63) is 79.0 Å². The molecule has 2 heterocycles. The molecule has 2 aromatic carbocycles. The predicted octanol–water partition coefficient (Wildman–Crippen LogP) is 3.45. The summed E-state index contributed by atoms with van der Waals surface area (Å²) in [5.74, 6) is 0.854. The number of benzene rings is 2. The third-order valence-corrected chi connectivity index (χ3v) is 6.96. The standard InChI is InChI=1S/C17H23N3O2S.C7H8O/c1-3-13-23(21,22)20-8-7-16-15(5-4-6-17(16)20)14-19-11-9-18(2)10-12-19;1-8-7-5-3-2-4-6-7/h3-8H,1,9-14H2,2H3;2-6H,1H3. The van der Waals surface area contributed by atoms with Crippen LogP contribution in [0.25, 0.3) is 10.9 Å². The van der Waals surface area contributed by atoms with Crippen LogP contribution in [0.1, 0.15) is 5.56 Å². The molecule has 4 rings (SSSR count). The second-order valence-electron chi connectivity index (χ2n) is 7.63. The number of ether oxygens (including phenoxy) is 1. The summed E-state index contributed by atoms with van der Waals surface area (Å²) in [5.41, 5.74) is 1.93. The maximum absolute atomic E-state index is 12.3. The van der Waals surface area contributed by atoms with Crippen LogP contribution in [0.3, 0.4) is 0 Å². The van der Waals surface area contributed by atoms with Crippen molar-refractivity contribution >= 4 is 20.9 Å². The average Bonchev–Trinajstić information content (AvgIpc) is 3.23. The highest BCUT2D eigenvalue weighted by Crippen LogP contribution is 2.23. The van der Waals surface area contributed by atoms with Crippen LogP contribution in [0.5, 0.6) is 5.75 Å². The highest BCUT2D eigenvalue weighted by Gasteiger charge is 2.18. The van der Waals surface area contributed by atoms with Crippen LogP contribution in [-0.4, -0.2) is 68.3 Å². The molecule has 166 valence electrons.